The van der Waals surface area contributed by atoms with Crippen molar-refractivity contribution in [2.45, 2.75) is 81.9 Å². The van der Waals surface area contributed by atoms with Crippen LogP contribution >= 0.6 is 0 Å². The highest BCUT2D eigenvalue weighted by atomic mass is 19.1. The summed E-state index contributed by atoms with van der Waals surface area (Å²) in [7, 11) is 0. The summed E-state index contributed by atoms with van der Waals surface area (Å²) in [6.07, 6.45) is 3.10. The third-order valence-electron chi connectivity index (χ3n) is 11.0. The lowest BCUT2D eigenvalue weighted by molar-refractivity contribution is 0.107. The molecule has 7 heterocycles. The molecular weight excluding hydrogens is 581 g/mol. The Bertz CT molecular complexity index is 1870. The second kappa shape index (κ2) is 9.90. The molecule has 234 valence electrons. The second-order valence-corrected chi connectivity index (χ2v) is 13.6. The highest BCUT2D eigenvalue weighted by Gasteiger charge is 2.50. The highest BCUT2D eigenvalue weighted by Crippen LogP contribution is 2.46. The number of hydrogen-bond acceptors (Lipinski definition) is 8. The number of nitrogens with zero attached hydrogens (tertiary/aromatic N) is 5. The van der Waals surface area contributed by atoms with Gasteiger partial charge in [-0.2, -0.15) is 9.97 Å². The van der Waals surface area contributed by atoms with Gasteiger partial charge in [-0.1, -0.05) is 24.3 Å². The smallest absolute Gasteiger partial charge is 0.319 e. The van der Waals surface area contributed by atoms with Gasteiger partial charge in [0.2, 0.25) is 5.88 Å². The van der Waals surface area contributed by atoms with E-state index in [0.717, 1.165) is 37.6 Å². The normalized spacial score (nSPS) is 30.4. The molecule has 45 heavy (non-hydrogen) atoms. The molecule has 2 aromatic carbocycles. The molecule has 9 rings (SSSR count). The molecule has 4 aromatic rings. The van der Waals surface area contributed by atoms with Gasteiger partial charge in [0.15, 0.2) is 5.82 Å². The van der Waals surface area contributed by atoms with Gasteiger partial charge in [0.25, 0.3) is 0 Å². The number of pyridine rings is 1. The fourth-order valence-electron chi connectivity index (χ4n) is 8.91. The molecule has 0 aliphatic carbocycles. The number of hydrogen-bond donors (Lipinski definition) is 1. The number of benzene rings is 2. The van der Waals surface area contributed by atoms with E-state index in [0.29, 0.717) is 47.2 Å². The molecule has 0 amide bonds. The van der Waals surface area contributed by atoms with Crippen molar-refractivity contribution in [3.05, 3.63) is 47.5 Å². The standard InChI is InChI=1S/C34H35F3N6O2/c1-17-23(36)9-7-19-5-3-6-22(25(17)19)28-27(37)29-26-31(41-33(40-29)44-16-34-11-4-12-42(34)14-20(35)13-34)43-15-21-8-10-24(38-21)30(43)18(2)45-32(26)39-28/h3,5-7,9,18,20-21,24,30,38H,4,8,10-16H2,1-2H3/t18-,20+,21+,24-,30+,34-/m0/s1. The Hall–Kier alpha value is -3.70. The van der Waals surface area contributed by atoms with Gasteiger partial charge in [-0.3, -0.25) is 4.90 Å². The summed E-state index contributed by atoms with van der Waals surface area (Å²) in [5.74, 6) is -0.215. The van der Waals surface area contributed by atoms with Crippen LogP contribution in [0.15, 0.2) is 30.3 Å². The van der Waals surface area contributed by atoms with E-state index >= 15 is 4.39 Å². The van der Waals surface area contributed by atoms with E-state index in [1.54, 1.807) is 19.1 Å². The van der Waals surface area contributed by atoms with Crippen LogP contribution < -0.4 is 19.7 Å². The van der Waals surface area contributed by atoms with Gasteiger partial charge in [-0.25, -0.2) is 18.2 Å². The number of alkyl halides is 1. The maximum atomic E-state index is 17.0. The Morgan fingerprint density at radius 3 is 2.87 bits per heavy atom. The topological polar surface area (TPSA) is 75.6 Å². The fourth-order valence-corrected chi connectivity index (χ4v) is 8.91. The Labute approximate surface area is 258 Å². The Morgan fingerprint density at radius 2 is 1.98 bits per heavy atom. The number of anilines is 1. The summed E-state index contributed by atoms with van der Waals surface area (Å²) in [6.45, 7) is 5.88. The van der Waals surface area contributed by atoms with Crippen LogP contribution in [0.2, 0.25) is 0 Å². The van der Waals surface area contributed by atoms with Crippen LogP contribution in [-0.4, -0.2) is 82.0 Å². The first kappa shape index (κ1) is 27.6. The molecule has 5 aliphatic heterocycles. The number of nitrogens with one attached hydrogen (secondary N) is 1. The average Bonchev–Trinajstić information content (AvgIpc) is 3.67. The molecule has 5 aliphatic rings. The summed E-state index contributed by atoms with van der Waals surface area (Å²) < 4.78 is 59.3. The minimum atomic E-state index is -0.894. The number of halogens is 3. The Morgan fingerprint density at radius 1 is 1.09 bits per heavy atom. The molecule has 0 radical (unpaired) electrons. The quantitative estimate of drug-likeness (QED) is 0.324. The van der Waals surface area contributed by atoms with Gasteiger partial charge >= 0.3 is 6.01 Å². The number of ether oxygens (including phenoxy) is 2. The fraction of sp³-hybridized carbons (Fsp3) is 0.500. The van der Waals surface area contributed by atoms with Crippen LogP contribution in [0.5, 0.6) is 11.9 Å². The van der Waals surface area contributed by atoms with Crippen molar-refractivity contribution >= 4 is 27.5 Å². The minimum absolute atomic E-state index is 0.0377. The lowest BCUT2D eigenvalue weighted by Crippen LogP contribution is -2.62. The number of aromatic nitrogens is 3. The van der Waals surface area contributed by atoms with Gasteiger partial charge in [0.05, 0.1) is 11.6 Å². The first-order valence-electron chi connectivity index (χ1n) is 16.1. The van der Waals surface area contributed by atoms with Crippen molar-refractivity contribution in [2.75, 3.05) is 31.1 Å². The number of aryl methyl sites for hydroxylation is 1. The van der Waals surface area contributed by atoms with Crippen molar-refractivity contribution in [3.63, 3.8) is 0 Å². The van der Waals surface area contributed by atoms with E-state index in [2.05, 4.69) is 20.1 Å². The molecule has 0 spiro atoms. The van der Waals surface area contributed by atoms with Gasteiger partial charge in [-0.15, -0.1) is 0 Å². The van der Waals surface area contributed by atoms with E-state index in [-0.39, 0.29) is 59.8 Å². The first-order chi connectivity index (χ1) is 21.8. The maximum Gasteiger partial charge on any atom is 0.319 e. The molecule has 2 aromatic heterocycles. The molecule has 6 atom stereocenters. The predicted octanol–water partition coefficient (Wildman–Crippen LogP) is 5.48. The van der Waals surface area contributed by atoms with Crippen LogP contribution in [-0.2, 0) is 0 Å². The molecule has 11 heteroatoms. The highest BCUT2D eigenvalue weighted by molar-refractivity contribution is 6.02. The van der Waals surface area contributed by atoms with Crippen molar-refractivity contribution < 1.29 is 22.6 Å². The van der Waals surface area contributed by atoms with Gasteiger partial charge in [0.1, 0.15) is 47.1 Å². The third-order valence-corrected chi connectivity index (χ3v) is 11.0. The number of rotatable bonds is 4. The Balaban J connectivity index is 1.24. The maximum absolute atomic E-state index is 17.0. The molecular formula is C34H35F3N6O2. The van der Waals surface area contributed by atoms with E-state index in [1.165, 1.54) is 6.07 Å². The zero-order valence-electron chi connectivity index (χ0n) is 25.3. The minimum Gasteiger partial charge on any atom is -0.472 e. The molecule has 1 N–H and O–H groups in total. The van der Waals surface area contributed by atoms with E-state index in [4.69, 9.17) is 19.4 Å². The van der Waals surface area contributed by atoms with Crippen molar-refractivity contribution in [3.8, 4) is 23.1 Å². The Kier molecular flexibility index (Phi) is 6.07. The molecule has 0 saturated carbocycles. The third kappa shape index (κ3) is 4.08. The zero-order chi connectivity index (χ0) is 30.6. The molecule has 2 bridgehead atoms. The average molecular weight is 617 g/mol. The SMILES string of the molecule is Cc1c(F)ccc2cccc(-c3nc4c5c(nc(OC[C@@]67CCCN6C[C@H](F)C7)nc5c3F)N3C[C@H]5CC[C@H](N5)[C@H]3[C@H](C)O4)c12. The van der Waals surface area contributed by atoms with Gasteiger partial charge in [-0.05, 0) is 68.5 Å². The van der Waals surface area contributed by atoms with Crippen molar-refractivity contribution in [2.24, 2.45) is 0 Å². The largest absolute Gasteiger partial charge is 0.472 e. The number of piperazine rings is 1. The lowest BCUT2D eigenvalue weighted by Gasteiger charge is -2.42. The van der Waals surface area contributed by atoms with Crippen LogP contribution in [0.4, 0.5) is 19.0 Å². The predicted molar refractivity (Wildman–Crippen MR) is 165 cm³/mol. The van der Waals surface area contributed by atoms with E-state index < -0.39 is 17.5 Å². The second-order valence-electron chi connectivity index (χ2n) is 13.6. The summed E-state index contributed by atoms with van der Waals surface area (Å²) in [4.78, 5) is 18.8. The zero-order valence-corrected chi connectivity index (χ0v) is 25.3. The van der Waals surface area contributed by atoms with Crippen molar-refractivity contribution in [1.29, 1.82) is 0 Å². The summed E-state index contributed by atoms with van der Waals surface area (Å²) in [5, 5.41) is 5.50. The molecule has 0 unspecified atom stereocenters. The monoisotopic (exact) mass is 616 g/mol. The molecule has 8 nitrogen and oxygen atoms in total. The van der Waals surface area contributed by atoms with Gasteiger partial charge in [0, 0.05) is 37.2 Å². The first-order valence-corrected chi connectivity index (χ1v) is 16.1. The summed E-state index contributed by atoms with van der Waals surface area (Å²) in [6, 6.07) is 9.02. The summed E-state index contributed by atoms with van der Waals surface area (Å²) in [5.41, 5.74) is 0.560. The van der Waals surface area contributed by atoms with E-state index in [1.807, 2.05) is 19.1 Å². The van der Waals surface area contributed by atoms with Crippen LogP contribution in [0.3, 0.4) is 0 Å². The van der Waals surface area contributed by atoms with E-state index in [9.17, 15) is 8.78 Å². The lowest BCUT2D eigenvalue weighted by atomic mass is 9.95. The summed E-state index contributed by atoms with van der Waals surface area (Å²) >= 11 is 0. The van der Waals surface area contributed by atoms with Gasteiger partial charge < -0.3 is 19.7 Å². The number of fused-ring (bicyclic) bond motifs is 7. The van der Waals surface area contributed by atoms with Crippen LogP contribution in [0.1, 0.15) is 44.6 Å². The molecule has 4 fully saturated rings. The van der Waals surface area contributed by atoms with Crippen LogP contribution in [0, 0.1) is 18.6 Å². The van der Waals surface area contributed by atoms with Crippen LogP contribution in [0.25, 0.3) is 32.9 Å². The molecule has 4 saturated heterocycles. The van der Waals surface area contributed by atoms with Crippen molar-refractivity contribution in [1.82, 2.24) is 25.2 Å².